The van der Waals surface area contributed by atoms with Gasteiger partial charge in [0.2, 0.25) is 0 Å². The highest BCUT2D eigenvalue weighted by Crippen LogP contribution is 2.43. The number of fused-ring (bicyclic) bond motifs is 10. The zero-order valence-corrected chi connectivity index (χ0v) is 34.4. The van der Waals surface area contributed by atoms with E-state index in [1.54, 1.807) is 0 Å². The zero-order valence-electron chi connectivity index (χ0n) is 33.6. The van der Waals surface area contributed by atoms with Crippen LogP contribution in [0.4, 0.5) is 17.1 Å². The Morgan fingerprint density at radius 1 is 0.290 bits per heavy atom. The van der Waals surface area contributed by atoms with E-state index in [1.165, 1.54) is 85.7 Å². The van der Waals surface area contributed by atoms with Gasteiger partial charge in [-0.15, -0.1) is 11.3 Å². The second-order valence-corrected chi connectivity index (χ2v) is 17.3. The van der Waals surface area contributed by atoms with Gasteiger partial charge in [-0.25, -0.2) is 0 Å². The molecule has 0 N–H and O–H groups in total. The maximum absolute atomic E-state index is 2.42. The predicted molar refractivity (Wildman–Crippen MR) is 266 cm³/mol. The summed E-state index contributed by atoms with van der Waals surface area (Å²) in [4.78, 5) is 2.42. The molecule has 3 nitrogen and oxygen atoms in total. The highest BCUT2D eigenvalue weighted by Gasteiger charge is 2.19. The Bertz CT molecular complexity index is 3850. The molecule has 0 aliphatic heterocycles. The van der Waals surface area contributed by atoms with Gasteiger partial charge in [-0.2, -0.15) is 0 Å². The molecule has 0 amide bonds. The Morgan fingerprint density at radius 2 is 0.774 bits per heavy atom. The van der Waals surface area contributed by atoms with Crippen LogP contribution in [0.3, 0.4) is 0 Å². The van der Waals surface area contributed by atoms with Crippen molar-refractivity contribution < 1.29 is 0 Å². The first-order valence-electron chi connectivity index (χ1n) is 21.2. The molecule has 0 saturated carbocycles. The molecular formula is C58H37N3S. The van der Waals surface area contributed by atoms with E-state index in [2.05, 4.69) is 238 Å². The average molecular weight is 808 g/mol. The standard InChI is InChI=1S/C58H37N3S/c1-2-14-42(15-3-1)60-53-19-9-7-17-48(53)51-36-45(30-32-55(51)60)59(46-31-33-58-52(37-46)49-18-8-11-21-57(49)62-58)43-26-22-38(23-27-43)39-24-28-44(29-25-39)61-54-20-10-6-16-47(54)50-34-40-12-4-5-13-41(40)35-56(50)61/h1-37H. The summed E-state index contributed by atoms with van der Waals surface area (Å²) >= 11 is 1.86. The molecule has 290 valence electrons. The second kappa shape index (κ2) is 13.8. The lowest BCUT2D eigenvalue weighted by molar-refractivity contribution is 1.18. The maximum atomic E-state index is 2.42. The Kier molecular flexibility index (Phi) is 7.78. The fourth-order valence-electron chi connectivity index (χ4n) is 9.79. The van der Waals surface area contributed by atoms with Crippen LogP contribution in [0.1, 0.15) is 0 Å². The summed E-state index contributed by atoms with van der Waals surface area (Å²) in [6.45, 7) is 0. The van der Waals surface area contributed by atoms with Crippen molar-refractivity contribution >= 4 is 103 Å². The van der Waals surface area contributed by atoms with Gasteiger partial charge in [0.25, 0.3) is 0 Å². The first-order valence-corrected chi connectivity index (χ1v) is 22.0. The number of para-hydroxylation sites is 3. The van der Waals surface area contributed by atoms with E-state index in [1.807, 2.05) is 11.3 Å². The van der Waals surface area contributed by atoms with E-state index in [0.29, 0.717) is 0 Å². The summed E-state index contributed by atoms with van der Waals surface area (Å²) in [6.07, 6.45) is 0. The lowest BCUT2D eigenvalue weighted by Gasteiger charge is -2.26. The smallest absolute Gasteiger partial charge is 0.0547 e. The molecular weight excluding hydrogens is 771 g/mol. The summed E-state index contributed by atoms with van der Waals surface area (Å²) in [6, 6.07) is 82.2. The SMILES string of the molecule is c1ccc(-n2c3ccccc3c3cc(N(c4ccc(-c5ccc(-n6c7ccccc7c7cc8ccccc8cc76)cc5)cc4)c4ccc5sc6ccccc6c5c4)ccc32)cc1. The molecule has 0 atom stereocenters. The third kappa shape index (κ3) is 5.44. The van der Waals surface area contributed by atoms with Crippen molar-refractivity contribution in [2.24, 2.45) is 0 Å². The summed E-state index contributed by atoms with van der Waals surface area (Å²) in [7, 11) is 0. The van der Waals surface area contributed by atoms with Crippen molar-refractivity contribution in [3.8, 4) is 22.5 Å². The number of rotatable bonds is 6. The van der Waals surface area contributed by atoms with Gasteiger partial charge in [0, 0.05) is 70.2 Å². The minimum absolute atomic E-state index is 1.10. The summed E-state index contributed by atoms with van der Waals surface area (Å²) in [5.74, 6) is 0. The van der Waals surface area contributed by atoms with Gasteiger partial charge >= 0.3 is 0 Å². The molecule has 0 saturated heterocycles. The summed E-state index contributed by atoms with van der Waals surface area (Å²) < 4.78 is 7.39. The molecule has 3 heterocycles. The lowest BCUT2D eigenvalue weighted by Crippen LogP contribution is -2.09. The van der Waals surface area contributed by atoms with Gasteiger partial charge in [-0.05, 0) is 125 Å². The van der Waals surface area contributed by atoms with Gasteiger partial charge in [0.1, 0.15) is 0 Å². The Hall–Kier alpha value is -7.92. The number of aromatic nitrogens is 2. The van der Waals surface area contributed by atoms with Crippen molar-refractivity contribution in [3.05, 3.63) is 224 Å². The van der Waals surface area contributed by atoms with E-state index in [0.717, 1.165) is 28.4 Å². The Labute approximate surface area is 362 Å². The van der Waals surface area contributed by atoms with E-state index in [-0.39, 0.29) is 0 Å². The third-order valence-corrected chi connectivity index (χ3v) is 13.8. The molecule has 0 aliphatic rings. The molecule has 10 aromatic carbocycles. The van der Waals surface area contributed by atoms with Gasteiger partial charge in [-0.1, -0.05) is 121 Å². The minimum atomic E-state index is 1.10. The minimum Gasteiger partial charge on any atom is -0.310 e. The van der Waals surface area contributed by atoms with Crippen LogP contribution in [0.5, 0.6) is 0 Å². The van der Waals surface area contributed by atoms with Crippen molar-refractivity contribution in [1.29, 1.82) is 0 Å². The number of thiophene rings is 1. The van der Waals surface area contributed by atoms with Crippen LogP contribution < -0.4 is 4.90 Å². The molecule has 0 spiro atoms. The van der Waals surface area contributed by atoms with Crippen LogP contribution in [0.25, 0.3) is 97.1 Å². The first kappa shape index (κ1) is 34.9. The van der Waals surface area contributed by atoms with Crippen molar-refractivity contribution in [2.45, 2.75) is 0 Å². The van der Waals surface area contributed by atoms with E-state index >= 15 is 0 Å². The second-order valence-electron chi connectivity index (χ2n) is 16.2. The summed E-state index contributed by atoms with van der Waals surface area (Å²) in [5.41, 5.74) is 12.8. The molecule has 62 heavy (non-hydrogen) atoms. The number of hydrogen-bond acceptors (Lipinski definition) is 2. The van der Waals surface area contributed by atoms with Gasteiger partial charge in [0.15, 0.2) is 0 Å². The highest BCUT2D eigenvalue weighted by molar-refractivity contribution is 7.25. The molecule has 0 bridgehead atoms. The molecule has 0 fully saturated rings. The molecule has 13 rings (SSSR count). The lowest BCUT2D eigenvalue weighted by atomic mass is 10.0. The van der Waals surface area contributed by atoms with Crippen LogP contribution in [0, 0.1) is 0 Å². The number of nitrogens with zero attached hydrogens (tertiary/aromatic N) is 3. The average Bonchev–Trinajstić information content (AvgIpc) is 3.99. The highest BCUT2D eigenvalue weighted by atomic mass is 32.1. The predicted octanol–water partition coefficient (Wildman–Crippen LogP) is 16.5. The van der Waals surface area contributed by atoms with Crippen molar-refractivity contribution in [3.63, 3.8) is 0 Å². The molecule has 0 radical (unpaired) electrons. The molecule has 4 heteroatoms. The van der Waals surface area contributed by atoms with E-state index in [4.69, 9.17) is 0 Å². The van der Waals surface area contributed by atoms with Crippen LogP contribution in [-0.2, 0) is 0 Å². The fourth-order valence-corrected chi connectivity index (χ4v) is 10.9. The van der Waals surface area contributed by atoms with Crippen molar-refractivity contribution in [1.82, 2.24) is 9.13 Å². The number of hydrogen-bond donors (Lipinski definition) is 0. The van der Waals surface area contributed by atoms with Crippen molar-refractivity contribution in [2.75, 3.05) is 4.90 Å². The van der Waals surface area contributed by atoms with Crippen LogP contribution in [-0.4, -0.2) is 9.13 Å². The van der Waals surface area contributed by atoms with Crippen LogP contribution >= 0.6 is 11.3 Å². The van der Waals surface area contributed by atoms with E-state index < -0.39 is 0 Å². The maximum Gasteiger partial charge on any atom is 0.0547 e. The topological polar surface area (TPSA) is 13.1 Å². The summed E-state index contributed by atoms with van der Waals surface area (Å²) in [5, 5.41) is 10.1. The van der Waals surface area contributed by atoms with Gasteiger partial charge < -0.3 is 14.0 Å². The fraction of sp³-hybridized carbons (Fsp3) is 0. The molecule has 0 unspecified atom stereocenters. The van der Waals surface area contributed by atoms with Crippen LogP contribution in [0.15, 0.2) is 224 Å². The number of anilines is 3. The normalized spacial score (nSPS) is 11.9. The zero-order chi connectivity index (χ0) is 40.7. The molecule has 3 aromatic heterocycles. The monoisotopic (exact) mass is 807 g/mol. The van der Waals surface area contributed by atoms with Crippen LogP contribution in [0.2, 0.25) is 0 Å². The van der Waals surface area contributed by atoms with Gasteiger partial charge in [0.05, 0.1) is 22.1 Å². The van der Waals surface area contributed by atoms with Gasteiger partial charge in [-0.3, -0.25) is 0 Å². The molecule has 0 aliphatic carbocycles. The third-order valence-electron chi connectivity index (χ3n) is 12.7. The number of benzene rings is 10. The quantitative estimate of drug-likeness (QED) is 0.163. The largest absolute Gasteiger partial charge is 0.310 e. The first-order chi connectivity index (χ1) is 30.7. The Balaban J connectivity index is 0.925. The Morgan fingerprint density at radius 3 is 1.50 bits per heavy atom. The molecule has 13 aromatic rings. The van der Waals surface area contributed by atoms with E-state index in [9.17, 15) is 0 Å².